The number of carbonyl (C=O) groups excluding carboxylic acids is 2. The van der Waals surface area contributed by atoms with Crippen LogP contribution in [0.25, 0.3) is 0 Å². The zero-order valence-corrected chi connectivity index (χ0v) is 15.3. The van der Waals surface area contributed by atoms with Gasteiger partial charge in [-0.3, -0.25) is 9.59 Å². The quantitative estimate of drug-likeness (QED) is 0.667. The molecule has 0 spiro atoms. The number of esters is 1. The highest BCUT2D eigenvalue weighted by molar-refractivity contribution is 6.03. The van der Waals surface area contributed by atoms with Gasteiger partial charge < -0.3 is 10.1 Å². The van der Waals surface area contributed by atoms with E-state index in [1.54, 1.807) is 31.2 Å². The lowest BCUT2D eigenvalue weighted by atomic mass is 10.2. The van der Waals surface area contributed by atoms with E-state index in [9.17, 15) is 14.4 Å². The Morgan fingerprint density at radius 2 is 1.71 bits per heavy atom. The van der Waals surface area contributed by atoms with Crippen LogP contribution in [0, 0.1) is 0 Å². The van der Waals surface area contributed by atoms with Crippen LogP contribution in [0.1, 0.15) is 33.3 Å². The lowest BCUT2D eigenvalue weighted by Crippen LogP contribution is -2.26. The number of ether oxygens (including phenoxy) is 1. The molecule has 0 fully saturated rings. The maximum Gasteiger partial charge on any atom is 0.338 e. The number of nitrogens with one attached hydrogen (secondary N) is 1. The standard InChI is InChI=1S/C21H19N3O4/c1-2-28-21(27)16-8-10-17(11-9-16)22-20(26)18-12-13-19(25)24(23-18)14-15-6-4-3-5-7-15/h3-13H,2,14H2,1H3,(H,22,26). The third-order valence-electron chi connectivity index (χ3n) is 3.93. The van der Waals surface area contributed by atoms with Crippen LogP contribution < -0.4 is 10.9 Å². The van der Waals surface area contributed by atoms with Gasteiger partial charge in [0.2, 0.25) is 0 Å². The monoisotopic (exact) mass is 377 g/mol. The molecular formula is C21H19N3O4. The van der Waals surface area contributed by atoms with E-state index in [1.165, 1.54) is 16.8 Å². The molecule has 7 heteroatoms. The minimum atomic E-state index is -0.453. The lowest BCUT2D eigenvalue weighted by molar-refractivity contribution is 0.0526. The summed E-state index contributed by atoms with van der Waals surface area (Å²) in [4.78, 5) is 36.2. The van der Waals surface area contributed by atoms with Crippen molar-refractivity contribution in [3.05, 3.63) is 93.9 Å². The molecule has 0 aliphatic rings. The Balaban J connectivity index is 1.73. The summed E-state index contributed by atoms with van der Waals surface area (Å²) in [5, 5.41) is 6.85. The Bertz CT molecular complexity index is 1030. The minimum absolute atomic E-state index is 0.116. The van der Waals surface area contributed by atoms with Crippen LogP contribution >= 0.6 is 0 Å². The predicted molar refractivity (Wildman–Crippen MR) is 104 cm³/mol. The van der Waals surface area contributed by atoms with E-state index in [-0.39, 0.29) is 17.8 Å². The minimum Gasteiger partial charge on any atom is -0.462 e. The van der Waals surface area contributed by atoms with Crippen molar-refractivity contribution in [2.75, 3.05) is 11.9 Å². The van der Waals surface area contributed by atoms with Gasteiger partial charge in [-0.25, -0.2) is 9.48 Å². The molecule has 0 unspecified atom stereocenters. The van der Waals surface area contributed by atoms with Crippen molar-refractivity contribution in [3.8, 4) is 0 Å². The number of nitrogens with zero attached hydrogens (tertiary/aromatic N) is 2. The molecule has 1 amide bonds. The lowest BCUT2D eigenvalue weighted by Gasteiger charge is -2.08. The van der Waals surface area contributed by atoms with Gasteiger partial charge in [0.1, 0.15) is 5.69 Å². The van der Waals surface area contributed by atoms with Crippen molar-refractivity contribution in [2.45, 2.75) is 13.5 Å². The topological polar surface area (TPSA) is 90.3 Å². The molecule has 1 heterocycles. The molecule has 0 aliphatic heterocycles. The molecule has 3 rings (SSSR count). The molecule has 2 aromatic carbocycles. The van der Waals surface area contributed by atoms with Gasteiger partial charge in [0.05, 0.1) is 18.7 Å². The van der Waals surface area contributed by atoms with Crippen molar-refractivity contribution in [1.29, 1.82) is 0 Å². The van der Waals surface area contributed by atoms with Gasteiger partial charge in [0.25, 0.3) is 11.5 Å². The second-order valence-corrected chi connectivity index (χ2v) is 5.95. The number of hydrogen-bond acceptors (Lipinski definition) is 5. The SMILES string of the molecule is CCOC(=O)c1ccc(NC(=O)c2ccc(=O)n(Cc3ccccc3)n2)cc1. The Hall–Kier alpha value is -3.74. The first-order valence-corrected chi connectivity index (χ1v) is 8.77. The summed E-state index contributed by atoms with van der Waals surface area (Å²) in [5.74, 6) is -0.874. The van der Waals surface area contributed by atoms with Crippen molar-refractivity contribution < 1.29 is 14.3 Å². The molecule has 142 valence electrons. The Labute approximate surface area is 161 Å². The van der Waals surface area contributed by atoms with E-state index in [4.69, 9.17) is 4.74 Å². The van der Waals surface area contributed by atoms with E-state index in [0.29, 0.717) is 17.9 Å². The summed E-state index contributed by atoms with van der Waals surface area (Å²) in [6.07, 6.45) is 0. The summed E-state index contributed by atoms with van der Waals surface area (Å²) < 4.78 is 6.17. The second-order valence-electron chi connectivity index (χ2n) is 5.95. The summed E-state index contributed by atoms with van der Waals surface area (Å²) >= 11 is 0. The summed E-state index contributed by atoms with van der Waals surface area (Å²) in [6.45, 7) is 2.30. The molecule has 3 aromatic rings. The number of benzene rings is 2. The van der Waals surface area contributed by atoms with Gasteiger partial charge in [0.15, 0.2) is 0 Å². The van der Waals surface area contributed by atoms with E-state index in [1.807, 2.05) is 30.3 Å². The van der Waals surface area contributed by atoms with Gasteiger partial charge in [0, 0.05) is 11.8 Å². The molecule has 1 aromatic heterocycles. The number of amides is 1. The van der Waals surface area contributed by atoms with Crippen LogP contribution in [0.4, 0.5) is 5.69 Å². The highest BCUT2D eigenvalue weighted by Gasteiger charge is 2.11. The summed E-state index contributed by atoms with van der Waals surface area (Å²) in [6, 6.07) is 18.4. The molecule has 0 aliphatic carbocycles. The Morgan fingerprint density at radius 1 is 1.00 bits per heavy atom. The van der Waals surface area contributed by atoms with Crippen LogP contribution in [-0.2, 0) is 11.3 Å². The molecule has 0 bridgehead atoms. The molecular weight excluding hydrogens is 358 g/mol. The van der Waals surface area contributed by atoms with Gasteiger partial charge in [-0.15, -0.1) is 0 Å². The van der Waals surface area contributed by atoms with Crippen molar-refractivity contribution in [2.24, 2.45) is 0 Å². The van der Waals surface area contributed by atoms with Crippen LogP contribution in [0.15, 0.2) is 71.5 Å². The third kappa shape index (κ3) is 4.70. The number of rotatable bonds is 6. The third-order valence-corrected chi connectivity index (χ3v) is 3.93. The number of anilines is 1. The Kier molecular flexibility index (Phi) is 5.96. The van der Waals surface area contributed by atoms with Crippen LogP contribution in [0.2, 0.25) is 0 Å². The highest BCUT2D eigenvalue weighted by atomic mass is 16.5. The highest BCUT2D eigenvalue weighted by Crippen LogP contribution is 2.12. The van der Waals surface area contributed by atoms with Crippen LogP contribution in [0.5, 0.6) is 0 Å². The van der Waals surface area contributed by atoms with E-state index >= 15 is 0 Å². The second kappa shape index (κ2) is 8.77. The van der Waals surface area contributed by atoms with Crippen LogP contribution in [-0.4, -0.2) is 28.3 Å². The first kappa shape index (κ1) is 19.0. The maximum absolute atomic E-state index is 12.5. The normalized spacial score (nSPS) is 10.3. The zero-order chi connectivity index (χ0) is 19.9. The van der Waals surface area contributed by atoms with Gasteiger partial charge >= 0.3 is 5.97 Å². The largest absolute Gasteiger partial charge is 0.462 e. The van der Waals surface area contributed by atoms with Gasteiger partial charge in [-0.05, 0) is 42.8 Å². The molecule has 1 N–H and O–H groups in total. The molecule has 28 heavy (non-hydrogen) atoms. The van der Waals surface area contributed by atoms with E-state index < -0.39 is 11.9 Å². The Morgan fingerprint density at radius 3 is 2.39 bits per heavy atom. The molecule has 0 saturated carbocycles. The fourth-order valence-electron chi connectivity index (χ4n) is 2.54. The fourth-order valence-corrected chi connectivity index (χ4v) is 2.54. The van der Waals surface area contributed by atoms with Crippen LogP contribution in [0.3, 0.4) is 0 Å². The van der Waals surface area contributed by atoms with Gasteiger partial charge in [-0.1, -0.05) is 30.3 Å². The molecule has 0 atom stereocenters. The number of hydrogen-bond donors (Lipinski definition) is 1. The average Bonchev–Trinajstić information content (AvgIpc) is 2.71. The van der Waals surface area contributed by atoms with Crippen molar-refractivity contribution in [3.63, 3.8) is 0 Å². The van der Waals surface area contributed by atoms with Crippen molar-refractivity contribution in [1.82, 2.24) is 9.78 Å². The number of aromatic nitrogens is 2. The average molecular weight is 377 g/mol. The molecule has 0 saturated heterocycles. The van der Waals surface area contributed by atoms with E-state index in [0.717, 1.165) is 5.56 Å². The zero-order valence-electron chi connectivity index (χ0n) is 15.3. The predicted octanol–water partition coefficient (Wildman–Crippen LogP) is 2.72. The first-order valence-electron chi connectivity index (χ1n) is 8.77. The smallest absolute Gasteiger partial charge is 0.338 e. The summed E-state index contributed by atoms with van der Waals surface area (Å²) in [5.41, 5.74) is 1.63. The first-order chi connectivity index (χ1) is 13.6. The van der Waals surface area contributed by atoms with E-state index in [2.05, 4.69) is 10.4 Å². The fraction of sp³-hybridized carbons (Fsp3) is 0.143. The molecule has 7 nitrogen and oxygen atoms in total. The van der Waals surface area contributed by atoms with Gasteiger partial charge in [-0.2, -0.15) is 5.10 Å². The molecule has 0 radical (unpaired) electrons. The van der Waals surface area contributed by atoms with Crippen molar-refractivity contribution >= 4 is 17.6 Å². The maximum atomic E-state index is 12.5. The number of carbonyl (C=O) groups is 2. The summed E-state index contributed by atoms with van der Waals surface area (Å²) in [7, 11) is 0.